The fourth-order valence-corrected chi connectivity index (χ4v) is 3.33. The maximum absolute atomic E-state index is 11.5. The predicted octanol–water partition coefficient (Wildman–Crippen LogP) is 4.04. The Bertz CT molecular complexity index is 298. The Morgan fingerprint density at radius 1 is 1.18 bits per heavy atom. The molecular formula is C13H28O3S. The molecule has 0 aromatic heterocycles. The van der Waals surface area contributed by atoms with Crippen LogP contribution in [0.4, 0.5) is 0 Å². The third kappa shape index (κ3) is 5.38. The van der Waals surface area contributed by atoms with Crippen molar-refractivity contribution in [3.8, 4) is 0 Å². The Kier molecular flexibility index (Phi) is 7.33. The molecule has 0 aliphatic rings. The fraction of sp³-hybridized carbons (Fsp3) is 1.00. The van der Waals surface area contributed by atoms with E-state index in [1.807, 2.05) is 6.92 Å². The van der Waals surface area contributed by atoms with E-state index in [4.69, 9.17) is 0 Å². The Balaban J connectivity index is 4.73. The number of hydrogen-bond donors (Lipinski definition) is 1. The summed E-state index contributed by atoms with van der Waals surface area (Å²) in [6.45, 7) is 7.87. The normalized spacial score (nSPS) is 17.7. The van der Waals surface area contributed by atoms with E-state index in [9.17, 15) is 13.0 Å². The largest absolute Gasteiger partial charge is 0.285 e. The van der Waals surface area contributed by atoms with Crippen LogP contribution in [0.5, 0.6) is 0 Å². The molecule has 0 radical (unpaired) electrons. The molecule has 0 spiro atoms. The van der Waals surface area contributed by atoms with Crippen LogP contribution in [-0.4, -0.2) is 17.7 Å². The summed E-state index contributed by atoms with van der Waals surface area (Å²) in [5.74, 6) is 0.397. The minimum Gasteiger partial charge on any atom is -0.285 e. The van der Waals surface area contributed by atoms with Crippen LogP contribution in [-0.2, 0) is 10.1 Å². The molecule has 4 heteroatoms. The molecule has 0 aliphatic heterocycles. The quantitative estimate of drug-likeness (QED) is 0.639. The van der Waals surface area contributed by atoms with E-state index in [0.717, 1.165) is 32.1 Å². The molecule has 0 amide bonds. The van der Waals surface area contributed by atoms with Crippen LogP contribution in [0.2, 0.25) is 0 Å². The molecular weight excluding hydrogens is 236 g/mol. The van der Waals surface area contributed by atoms with Crippen molar-refractivity contribution in [2.45, 2.75) is 77.4 Å². The second kappa shape index (κ2) is 7.37. The number of unbranched alkanes of at least 4 members (excludes halogenated alkanes) is 1. The summed E-state index contributed by atoms with van der Waals surface area (Å²) in [5.41, 5.74) is 0. The molecule has 2 atom stereocenters. The van der Waals surface area contributed by atoms with E-state index in [1.165, 1.54) is 0 Å². The highest BCUT2D eigenvalue weighted by molar-refractivity contribution is 7.87. The smallest absolute Gasteiger partial charge is 0.270 e. The molecule has 17 heavy (non-hydrogen) atoms. The zero-order chi connectivity index (χ0) is 13.5. The predicted molar refractivity (Wildman–Crippen MR) is 72.8 cm³/mol. The number of rotatable bonds is 9. The molecule has 1 N–H and O–H groups in total. The Hall–Kier alpha value is -0.0900. The third-order valence-electron chi connectivity index (χ3n) is 3.67. The van der Waals surface area contributed by atoms with Crippen molar-refractivity contribution < 1.29 is 13.0 Å². The van der Waals surface area contributed by atoms with Gasteiger partial charge in [-0.1, -0.05) is 52.9 Å². The van der Waals surface area contributed by atoms with Crippen molar-refractivity contribution in [2.24, 2.45) is 5.92 Å². The van der Waals surface area contributed by atoms with Gasteiger partial charge in [-0.25, -0.2) is 0 Å². The summed E-state index contributed by atoms with van der Waals surface area (Å²) in [4.78, 5) is 0. The summed E-state index contributed by atoms with van der Waals surface area (Å²) in [7, 11) is -3.96. The lowest BCUT2D eigenvalue weighted by atomic mass is 9.87. The monoisotopic (exact) mass is 264 g/mol. The topological polar surface area (TPSA) is 54.4 Å². The van der Waals surface area contributed by atoms with Crippen LogP contribution >= 0.6 is 0 Å². The first-order valence-corrected chi connectivity index (χ1v) is 8.21. The highest BCUT2D eigenvalue weighted by Gasteiger charge is 2.38. The van der Waals surface area contributed by atoms with Crippen LogP contribution in [0.15, 0.2) is 0 Å². The van der Waals surface area contributed by atoms with Crippen LogP contribution in [0.25, 0.3) is 0 Å². The minimum absolute atomic E-state index is 0.397. The summed E-state index contributed by atoms with van der Waals surface area (Å²) in [5, 5.41) is 0. The Morgan fingerprint density at radius 2 is 1.76 bits per heavy atom. The first kappa shape index (κ1) is 16.9. The lowest BCUT2D eigenvalue weighted by Gasteiger charge is -2.30. The van der Waals surface area contributed by atoms with Gasteiger partial charge in [-0.05, 0) is 25.7 Å². The van der Waals surface area contributed by atoms with Crippen LogP contribution in [0.3, 0.4) is 0 Å². The molecule has 0 aromatic carbocycles. The van der Waals surface area contributed by atoms with E-state index in [0.29, 0.717) is 18.8 Å². The van der Waals surface area contributed by atoms with Gasteiger partial charge < -0.3 is 0 Å². The van der Waals surface area contributed by atoms with Gasteiger partial charge in [0, 0.05) is 0 Å². The van der Waals surface area contributed by atoms with Gasteiger partial charge in [-0.3, -0.25) is 4.55 Å². The van der Waals surface area contributed by atoms with Gasteiger partial charge in [0.05, 0.1) is 4.75 Å². The highest BCUT2D eigenvalue weighted by Crippen LogP contribution is 2.33. The first-order valence-electron chi connectivity index (χ1n) is 6.77. The van der Waals surface area contributed by atoms with Gasteiger partial charge in [0.25, 0.3) is 10.1 Å². The van der Waals surface area contributed by atoms with Gasteiger partial charge in [-0.15, -0.1) is 0 Å². The Morgan fingerprint density at radius 3 is 2.12 bits per heavy atom. The molecule has 0 heterocycles. The van der Waals surface area contributed by atoms with Crippen molar-refractivity contribution in [1.29, 1.82) is 0 Å². The van der Waals surface area contributed by atoms with E-state index in [1.54, 1.807) is 6.92 Å². The van der Waals surface area contributed by atoms with Gasteiger partial charge in [0.1, 0.15) is 0 Å². The molecule has 0 fully saturated rings. The molecule has 3 nitrogen and oxygen atoms in total. The van der Waals surface area contributed by atoms with Crippen molar-refractivity contribution in [3.63, 3.8) is 0 Å². The van der Waals surface area contributed by atoms with E-state index < -0.39 is 14.9 Å². The minimum atomic E-state index is -3.96. The second-order valence-corrected chi connectivity index (χ2v) is 7.23. The van der Waals surface area contributed by atoms with E-state index >= 15 is 0 Å². The standard InChI is InChI=1S/C13H28O3S/c1-5-8-9-12(7-3)11-13(4,10-6-2)17(14,15)16/h12H,5-11H2,1-4H3,(H,14,15,16). The average Bonchev–Trinajstić information content (AvgIpc) is 2.23. The van der Waals surface area contributed by atoms with Crippen molar-refractivity contribution in [3.05, 3.63) is 0 Å². The molecule has 0 saturated heterocycles. The molecule has 0 saturated carbocycles. The summed E-state index contributed by atoms with van der Waals surface area (Å²) in [6, 6.07) is 0. The van der Waals surface area contributed by atoms with Crippen LogP contribution in [0, 0.1) is 5.92 Å². The SMILES string of the molecule is CCCCC(CC)CC(C)(CCC)S(=O)(=O)O. The van der Waals surface area contributed by atoms with Gasteiger partial charge in [-0.2, -0.15) is 8.42 Å². The lowest BCUT2D eigenvalue weighted by molar-refractivity contribution is 0.327. The van der Waals surface area contributed by atoms with Crippen molar-refractivity contribution in [1.82, 2.24) is 0 Å². The average molecular weight is 264 g/mol. The molecule has 0 bridgehead atoms. The maximum Gasteiger partial charge on any atom is 0.270 e. The zero-order valence-corrected chi connectivity index (χ0v) is 12.5. The van der Waals surface area contributed by atoms with Gasteiger partial charge in [0.15, 0.2) is 0 Å². The fourth-order valence-electron chi connectivity index (χ4n) is 2.42. The molecule has 0 aliphatic carbocycles. The molecule has 0 rings (SSSR count). The number of hydrogen-bond acceptors (Lipinski definition) is 2. The highest BCUT2D eigenvalue weighted by atomic mass is 32.2. The summed E-state index contributed by atoms with van der Waals surface area (Å²) < 4.78 is 31.5. The van der Waals surface area contributed by atoms with Crippen LogP contribution in [0.1, 0.15) is 72.6 Å². The second-order valence-electron chi connectivity index (χ2n) is 5.30. The van der Waals surface area contributed by atoms with Crippen molar-refractivity contribution >= 4 is 10.1 Å². The lowest BCUT2D eigenvalue weighted by Crippen LogP contribution is -2.37. The summed E-state index contributed by atoms with van der Waals surface area (Å²) >= 11 is 0. The van der Waals surface area contributed by atoms with Gasteiger partial charge >= 0.3 is 0 Å². The van der Waals surface area contributed by atoms with Crippen molar-refractivity contribution in [2.75, 3.05) is 0 Å². The maximum atomic E-state index is 11.5. The third-order valence-corrected chi connectivity index (χ3v) is 5.28. The van der Waals surface area contributed by atoms with Crippen LogP contribution < -0.4 is 0 Å². The van der Waals surface area contributed by atoms with Gasteiger partial charge in [0.2, 0.25) is 0 Å². The molecule has 0 aromatic rings. The molecule has 104 valence electrons. The zero-order valence-electron chi connectivity index (χ0n) is 11.7. The Labute approximate surface area is 107 Å². The molecule has 2 unspecified atom stereocenters. The van der Waals surface area contributed by atoms with E-state index in [2.05, 4.69) is 13.8 Å². The van der Waals surface area contributed by atoms with E-state index in [-0.39, 0.29) is 0 Å². The first-order chi connectivity index (χ1) is 7.80. The summed E-state index contributed by atoms with van der Waals surface area (Å²) in [6.07, 6.45) is 6.20.